The number of rotatable bonds is 24. The maximum atomic E-state index is 9.69. The Kier molecular flexibility index (Phi) is 52.8. The van der Waals surface area contributed by atoms with Crippen molar-refractivity contribution in [1.29, 1.82) is 0 Å². The van der Waals surface area contributed by atoms with Crippen LogP contribution in [0.1, 0.15) is 89.1 Å². The quantitative estimate of drug-likeness (QED) is 0.0200. The molecule has 0 bridgehead atoms. The van der Waals surface area contributed by atoms with Crippen molar-refractivity contribution in [1.82, 2.24) is 0 Å². The number of ether oxygens (including phenoxy) is 2. The Balaban J connectivity index is 0.00000111. The molecule has 0 aliphatic heterocycles. The zero-order valence-corrected chi connectivity index (χ0v) is 59.5. The van der Waals surface area contributed by atoms with E-state index in [1.807, 2.05) is 141 Å². The van der Waals surface area contributed by atoms with Crippen LogP contribution in [-0.4, -0.2) is 101 Å². The molecule has 0 spiro atoms. The molecule has 0 radical (unpaired) electrons. The molecule has 3 unspecified atom stereocenters. The number of para-hydroxylation sites is 1. The Morgan fingerprint density at radius 1 is 0.426 bits per heavy atom. The van der Waals surface area contributed by atoms with Gasteiger partial charge in [0.2, 0.25) is 0 Å². The average Bonchev–Trinajstić information content (AvgIpc) is 0.830. The van der Waals surface area contributed by atoms with Gasteiger partial charge >= 0.3 is 0 Å². The lowest BCUT2D eigenvalue weighted by Gasteiger charge is -2.26. The first kappa shape index (κ1) is 90.8. The summed E-state index contributed by atoms with van der Waals surface area (Å²) >= 11 is 0. The zero-order valence-electron chi connectivity index (χ0n) is 59.5. The third-order valence-electron chi connectivity index (χ3n) is 14.3. The summed E-state index contributed by atoms with van der Waals surface area (Å²) in [7, 11) is 0. The molecule has 1 aliphatic rings. The summed E-state index contributed by atoms with van der Waals surface area (Å²) < 4.78 is 10.2. The fourth-order valence-corrected chi connectivity index (χ4v) is 8.97. The predicted molar refractivity (Wildman–Crippen MR) is 422 cm³/mol. The minimum atomic E-state index is -0.128. The van der Waals surface area contributed by atoms with Crippen LogP contribution < -0.4 is 0 Å². The molecule has 542 valence electrons. The largest absolute Gasteiger partial charge is 0.508 e. The Morgan fingerprint density at radius 3 is 1.43 bits per heavy atom. The van der Waals surface area contributed by atoms with Gasteiger partial charge < -0.3 is 65.6 Å². The van der Waals surface area contributed by atoms with E-state index in [-0.39, 0.29) is 37.8 Å². The van der Waals surface area contributed by atoms with Gasteiger partial charge in [0.05, 0.1) is 51.8 Å². The first-order valence-electron chi connectivity index (χ1n) is 33.4. The van der Waals surface area contributed by atoms with Gasteiger partial charge in [-0.1, -0.05) is 177 Å². The van der Waals surface area contributed by atoms with Crippen LogP contribution in [0.4, 0.5) is 0 Å². The van der Waals surface area contributed by atoms with Crippen molar-refractivity contribution in [2.24, 2.45) is 5.92 Å². The van der Waals surface area contributed by atoms with Crippen LogP contribution in [-0.2, 0) is 54.6 Å². The monoisotopic (exact) mass is 1380 g/mol. The van der Waals surface area contributed by atoms with Crippen molar-refractivity contribution < 1.29 is 65.6 Å². The Bertz CT molecular complexity index is 3590. The number of aliphatic hydroxyl groups is 4. The smallest absolute Gasteiger partial charge is 0.121 e. The normalized spacial score (nSPS) is 12.1. The van der Waals surface area contributed by atoms with E-state index in [2.05, 4.69) is 65.8 Å². The number of aliphatic hydroxyl groups excluding tert-OH is 4. The highest BCUT2D eigenvalue weighted by atomic mass is 16.5. The Labute approximate surface area is 602 Å². The number of hydrogen-bond acceptors (Lipinski definition) is 13. The minimum Gasteiger partial charge on any atom is -0.508 e. The maximum absolute atomic E-state index is 9.69. The summed E-state index contributed by atoms with van der Waals surface area (Å²) in [5, 5.41) is 101. The Morgan fingerprint density at radius 2 is 0.921 bits per heavy atom. The fourth-order valence-electron chi connectivity index (χ4n) is 8.97. The molecule has 13 nitrogen and oxygen atoms in total. The molecule has 13 heteroatoms. The van der Waals surface area contributed by atoms with Crippen LogP contribution >= 0.6 is 0 Å². The number of phenolic OH excluding ortho intramolecular Hbond substituents is 6. The highest BCUT2D eigenvalue weighted by Crippen LogP contribution is 2.28. The molecule has 3 atom stereocenters. The van der Waals surface area contributed by atoms with Crippen molar-refractivity contribution in [2.45, 2.75) is 103 Å². The third kappa shape index (κ3) is 43.7. The van der Waals surface area contributed by atoms with Gasteiger partial charge in [0.1, 0.15) is 40.2 Å². The number of allylic oxidation sites excluding steroid dienone is 7. The SMILES string of the molecule is C=CCC1CCCCC1O.C=CCO.C=CCOCCOC(C)CO.C=CCc1cc2ccccc2cc1O.C=CCc1ccc(O)c(C)c1.C=CCc1ccc(O)c(CO)c1.C=CCc1ccc(O)cc1.C=CCc1cccc(O)c1.C=CCc1ccccc1O.C=Cc1ccc(O)cc1. The van der Waals surface area contributed by atoms with Gasteiger partial charge in [-0.15, -0.1) is 59.2 Å². The molecular weight excluding hydrogens is 1260 g/mol. The van der Waals surface area contributed by atoms with Crippen molar-refractivity contribution in [2.75, 3.05) is 33.0 Å². The van der Waals surface area contributed by atoms with E-state index in [1.165, 1.54) is 36.5 Å². The van der Waals surface area contributed by atoms with Gasteiger partial charge in [-0.2, -0.15) is 0 Å². The second-order valence-electron chi connectivity index (χ2n) is 22.6. The van der Waals surface area contributed by atoms with E-state index in [0.29, 0.717) is 72.2 Å². The van der Waals surface area contributed by atoms with Gasteiger partial charge in [0.15, 0.2) is 0 Å². The second kappa shape index (κ2) is 58.7. The number of aryl methyl sites for hydroxylation is 1. The van der Waals surface area contributed by atoms with Crippen LogP contribution in [0.3, 0.4) is 0 Å². The summed E-state index contributed by atoms with van der Waals surface area (Å²) in [6, 6.07) is 51.1. The molecule has 8 aromatic rings. The molecule has 0 aromatic heterocycles. The van der Waals surface area contributed by atoms with Gasteiger partial charge in [-0.05, 0) is 206 Å². The van der Waals surface area contributed by atoms with E-state index in [4.69, 9.17) is 40.1 Å². The molecular formula is C88H112O13. The molecule has 1 saturated carbocycles. The molecule has 11 N–H and O–H groups in total. The van der Waals surface area contributed by atoms with E-state index in [9.17, 15) is 25.5 Å². The lowest BCUT2D eigenvalue weighted by molar-refractivity contribution is -0.00595. The predicted octanol–water partition coefficient (Wildman–Crippen LogP) is 18.6. The summed E-state index contributed by atoms with van der Waals surface area (Å²) in [5.74, 6) is 2.63. The second-order valence-corrected chi connectivity index (χ2v) is 22.6. The Hall–Kier alpha value is -10.2. The molecule has 0 saturated heterocycles. The highest BCUT2D eigenvalue weighted by Gasteiger charge is 2.21. The van der Waals surface area contributed by atoms with Gasteiger partial charge in [-0.25, -0.2) is 0 Å². The summed E-state index contributed by atoms with van der Waals surface area (Å²) in [6.07, 6.45) is 27.9. The van der Waals surface area contributed by atoms with Crippen molar-refractivity contribution in [3.8, 4) is 40.2 Å². The van der Waals surface area contributed by atoms with Crippen LogP contribution in [0, 0.1) is 12.8 Å². The molecule has 0 amide bonds. The standard InChI is InChI=1S/C13H12O.C10H12O2.C10H12O.C9H16O.3C9H10O.C8H16O3.C8H8O.C3H6O/c1-2-5-12-8-10-6-3-4-7-11(10)9-13(12)14;1-2-3-8-4-5-10(12)9(6-8)7-11;1-3-4-9-5-6-10(11)8(2)7-9;2*1-2-5-8-6-3-4-7-9(8)10;1-2-4-8-5-3-6-9(10)7-8;1-2-3-8-4-6-9(10)7-5-8;1-3-4-10-5-6-11-8(2)7-9;1-2-7-3-5-8(9)6-4-7;1-2-3-4/h2-4,6-9,14H,1,5H2;2,4-6,11-12H,1,3,7H2;3,5-7,11H,1,4H2,2H3;2,8-10H,1,3-7H2;2-4,6-7,10H,1,5H2;2-3,5-7,10H,1,4H2;2,4-7,10H,1,3H2;3,8-9H,1,4-7H2,2H3;2-6,9H,1H2;2,4H,1,3H2. The number of phenols is 7. The molecule has 9 rings (SSSR count). The number of hydrogen-bond donors (Lipinski definition) is 11. The van der Waals surface area contributed by atoms with Crippen molar-refractivity contribution in [3.05, 3.63) is 340 Å². The van der Waals surface area contributed by atoms with Gasteiger partial charge in [-0.3, -0.25) is 0 Å². The maximum Gasteiger partial charge on any atom is 0.121 e. The minimum absolute atomic E-state index is 0.0493. The van der Waals surface area contributed by atoms with Gasteiger partial charge in [0.25, 0.3) is 0 Å². The number of aromatic hydroxyl groups is 7. The zero-order chi connectivity index (χ0) is 75.4. The molecule has 0 heterocycles. The van der Waals surface area contributed by atoms with Crippen LogP contribution in [0.25, 0.3) is 16.8 Å². The van der Waals surface area contributed by atoms with E-state index < -0.39 is 0 Å². The molecule has 1 fully saturated rings. The van der Waals surface area contributed by atoms with E-state index in [0.717, 1.165) is 89.1 Å². The lowest BCUT2D eigenvalue weighted by Crippen LogP contribution is -2.23. The average molecular weight is 1380 g/mol. The summed E-state index contributed by atoms with van der Waals surface area (Å²) in [5.41, 5.74) is 8.87. The molecule has 1 aliphatic carbocycles. The topological polar surface area (TPSA) is 241 Å². The van der Waals surface area contributed by atoms with Crippen LogP contribution in [0.15, 0.2) is 290 Å². The van der Waals surface area contributed by atoms with Crippen LogP contribution in [0.2, 0.25) is 0 Å². The fraction of sp³-hybridized carbons (Fsp3) is 0.250. The molecule has 101 heavy (non-hydrogen) atoms. The summed E-state index contributed by atoms with van der Waals surface area (Å²) in [4.78, 5) is 0. The number of fused-ring (bicyclic) bond motifs is 1. The van der Waals surface area contributed by atoms with Crippen molar-refractivity contribution in [3.63, 3.8) is 0 Å². The van der Waals surface area contributed by atoms with E-state index in [1.54, 1.807) is 97.1 Å². The third-order valence-corrected chi connectivity index (χ3v) is 14.3. The van der Waals surface area contributed by atoms with Crippen molar-refractivity contribution >= 4 is 16.8 Å². The lowest BCUT2D eigenvalue weighted by atomic mass is 9.84. The van der Waals surface area contributed by atoms with Gasteiger partial charge in [0, 0.05) is 5.56 Å². The summed E-state index contributed by atoms with van der Waals surface area (Å²) in [6.45, 7) is 41.1. The number of benzene rings is 8. The highest BCUT2D eigenvalue weighted by molar-refractivity contribution is 5.85. The van der Waals surface area contributed by atoms with Crippen LogP contribution in [0.5, 0.6) is 40.2 Å². The first-order chi connectivity index (χ1) is 48.7. The van der Waals surface area contributed by atoms with E-state index >= 15 is 0 Å². The molecule has 8 aromatic carbocycles. The first-order valence-corrected chi connectivity index (χ1v) is 33.4.